The number of allylic oxidation sites excluding steroid dienone is 2. The SMILES string of the molecule is CC1=CC=CN(CCCCCCCCCCCCCc2cccnc2)C1O. The lowest BCUT2D eigenvalue weighted by molar-refractivity contribution is 0.0658. The van der Waals surface area contributed by atoms with Crippen LogP contribution in [0.3, 0.4) is 0 Å². The molecule has 0 spiro atoms. The fourth-order valence-electron chi connectivity index (χ4n) is 3.69. The zero-order valence-electron chi connectivity index (χ0n) is 17.2. The molecule has 0 amide bonds. The van der Waals surface area contributed by atoms with Crippen LogP contribution in [0.1, 0.15) is 83.1 Å². The van der Waals surface area contributed by atoms with Crippen LogP contribution in [-0.4, -0.2) is 27.8 Å². The highest BCUT2D eigenvalue weighted by molar-refractivity contribution is 5.18. The summed E-state index contributed by atoms with van der Waals surface area (Å²) in [7, 11) is 0. The summed E-state index contributed by atoms with van der Waals surface area (Å²) >= 11 is 0. The van der Waals surface area contributed by atoms with Crippen molar-refractivity contribution in [1.29, 1.82) is 0 Å². The number of pyridine rings is 1. The molecule has 1 aromatic rings. The lowest BCUT2D eigenvalue weighted by atomic mass is 10.0. The van der Waals surface area contributed by atoms with Gasteiger partial charge >= 0.3 is 0 Å². The number of nitrogens with zero attached hydrogens (tertiary/aromatic N) is 2. The zero-order valence-corrected chi connectivity index (χ0v) is 17.2. The Balaban J connectivity index is 1.32. The van der Waals surface area contributed by atoms with Crippen LogP contribution in [0.4, 0.5) is 0 Å². The molecule has 1 aromatic heterocycles. The van der Waals surface area contributed by atoms with Crippen LogP contribution >= 0.6 is 0 Å². The van der Waals surface area contributed by atoms with E-state index in [9.17, 15) is 5.11 Å². The molecule has 0 bridgehead atoms. The quantitative estimate of drug-likeness (QED) is 0.407. The third kappa shape index (κ3) is 9.23. The average Bonchev–Trinajstić information content (AvgIpc) is 2.69. The molecule has 3 nitrogen and oxygen atoms in total. The molecule has 1 N–H and O–H groups in total. The molecule has 0 aromatic carbocycles. The fourth-order valence-corrected chi connectivity index (χ4v) is 3.69. The van der Waals surface area contributed by atoms with Crippen molar-refractivity contribution < 1.29 is 5.11 Å². The van der Waals surface area contributed by atoms with E-state index in [2.05, 4.69) is 11.1 Å². The molecular weight excluding hydrogens is 332 g/mol. The lowest BCUT2D eigenvalue weighted by Crippen LogP contribution is -2.33. The van der Waals surface area contributed by atoms with Crippen molar-refractivity contribution in [2.45, 2.75) is 90.2 Å². The van der Waals surface area contributed by atoms with Crippen molar-refractivity contribution in [2.24, 2.45) is 0 Å². The van der Waals surface area contributed by atoms with Gasteiger partial charge in [-0.25, -0.2) is 0 Å². The topological polar surface area (TPSA) is 36.4 Å². The molecule has 2 rings (SSSR count). The minimum absolute atomic E-state index is 0.417. The number of unbranched alkanes of at least 4 members (excludes halogenated alkanes) is 10. The second kappa shape index (κ2) is 13.5. The predicted molar refractivity (Wildman–Crippen MR) is 114 cm³/mol. The van der Waals surface area contributed by atoms with E-state index in [0.717, 1.165) is 12.1 Å². The molecule has 1 unspecified atom stereocenters. The first kappa shape index (κ1) is 21.7. The van der Waals surface area contributed by atoms with Gasteiger partial charge in [0, 0.05) is 25.1 Å². The second-order valence-corrected chi connectivity index (χ2v) is 7.86. The largest absolute Gasteiger partial charge is 0.370 e. The van der Waals surface area contributed by atoms with Crippen molar-refractivity contribution in [3.8, 4) is 0 Å². The highest BCUT2D eigenvalue weighted by Gasteiger charge is 2.15. The smallest absolute Gasteiger partial charge is 0.148 e. The first-order chi connectivity index (χ1) is 13.3. The minimum Gasteiger partial charge on any atom is -0.370 e. The van der Waals surface area contributed by atoms with Gasteiger partial charge in [0.2, 0.25) is 0 Å². The van der Waals surface area contributed by atoms with Gasteiger partial charge in [0.25, 0.3) is 0 Å². The van der Waals surface area contributed by atoms with Crippen LogP contribution < -0.4 is 0 Å². The Hall–Kier alpha value is -1.61. The molecule has 2 heterocycles. The first-order valence-corrected chi connectivity index (χ1v) is 10.9. The van der Waals surface area contributed by atoms with Gasteiger partial charge in [-0.15, -0.1) is 0 Å². The maximum Gasteiger partial charge on any atom is 0.148 e. The van der Waals surface area contributed by atoms with Gasteiger partial charge < -0.3 is 10.0 Å². The van der Waals surface area contributed by atoms with Crippen molar-refractivity contribution in [3.63, 3.8) is 0 Å². The summed E-state index contributed by atoms with van der Waals surface area (Å²) in [5.41, 5.74) is 2.41. The highest BCUT2D eigenvalue weighted by Crippen LogP contribution is 2.16. The van der Waals surface area contributed by atoms with E-state index in [1.165, 1.54) is 82.6 Å². The Labute approximate surface area is 166 Å². The summed E-state index contributed by atoms with van der Waals surface area (Å²) in [6.45, 7) is 2.95. The number of aliphatic hydroxyl groups excluding tert-OH is 1. The molecule has 1 atom stereocenters. The van der Waals surface area contributed by atoms with Crippen LogP contribution in [0.15, 0.2) is 48.5 Å². The van der Waals surface area contributed by atoms with Crippen LogP contribution in [0.5, 0.6) is 0 Å². The maximum atomic E-state index is 10.1. The summed E-state index contributed by atoms with van der Waals surface area (Å²) in [5, 5.41) is 10.1. The van der Waals surface area contributed by atoms with Crippen LogP contribution in [0.2, 0.25) is 0 Å². The summed E-state index contributed by atoms with van der Waals surface area (Å²) in [6, 6.07) is 4.21. The highest BCUT2D eigenvalue weighted by atomic mass is 16.3. The minimum atomic E-state index is -0.417. The molecule has 3 heteroatoms. The number of aryl methyl sites for hydroxylation is 1. The van der Waals surface area contributed by atoms with E-state index in [-0.39, 0.29) is 0 Å². The van der Waals surface area contributed by atoms with Gasteiger partial charge in [-0.2, -0.15) is 0 Å². The fraction of sp³-hybridized carbons (Fsp3) is 0.625. The number of aliphatic hydroxyl groups is 1. The molecule has 0 saturated carbocycles. The molecule has 27 heavy (non-hydrogen) atoms. The zero-order chi connectivity index (χ0) is 19.2. The van der Waals surface area contributed by atoms with Crippen molar-refractivity contribution >= 4 is 0 Å². The molecule has 0 aliphatic carbocycles. The molecule has 1 aliphatic rings. The molecular formula is C24H38N2O. The first-order valence-electron chi connectivity index (χ1n) is 10.9. The predicted octanol–water partition coefficient (Wildman–Crippen LogP) is 6.01. The maximum absolute atomic E-state index is 10.1. The molecule has 1 aliphatic heterocycles. The van der Waals surface area contributed by atoms with Gasteiger partial charge in [0.15, 0.2) is 0 Å². The van der Waals surface area contributed by atoms with E-state index >= 15 is 0 Å². The summed E-state index contributed by atoms with van der Waals surface area (Å²) in [5.74, 6) is 0. The normalized spacial score (nSPS) is 16.6. The second-order valence-electron chi connectivity index (χ2n) is 7.86. The Bertz CT molecular complexity index is 553. The monoisotopic (exact) mass is 370 g/mol. The summed E-state index contributed by atoms with van der Waals surface area (Å²) in [4.78, 5) is 6.22. The summed E-state index contributed by atoms with van der Waals surface area (Å²) in [6.07, 6.45) is 25.3. The molecule has 0 saturated heterocycles. The van der Waals surface area contributed by atoms with Crippen molar-refractivity contribution in [3.05, 3.63) is 54.0 Å². The van der Waals surface area contributed by atoms with E-state index in [1.807, 2.05) is 48.6 Å². The number of hydrogen-bond donors (Lipinski definition) is 1. The Morgan fingerprint density at radius 3 is 2.19 bits per heavy atom. The van der Waals surface area contributed by atoms with E-state index in [1.54, 1.807) is 0 Å². The lowest BCUT2D eigenvalue weighted by Gasteiger charge is -2.29. The Kier molecular flexibility index (Phi) is 10.9. The van der Waals surface area contributed by atoms with Gasteiger partial charge in [0.1, 0.15) is 6.23 Å². The van der Waals surface area contributed by atoms with Gasteiger partial charge in [0.05, 0.1) is 0 Å². The summed E-state index contributed by atoms with van der Waals surface area (Å²) < 4.78 is 0. The van der Waals surface area contributed by atoms with Crippen LogP contribution in [0, 0.1) is 0 Å². The number of rotatable bonds is 14. The van der Waals surface area contributed by atoms with Gasteiger partial charge in [-0.3, -0.25) is 4.98 Å². The Morgan fingerprint density at radius 1 is 0.926 bits per heavy atom. The molecule has 150 valence electrons. The number of hydrogen-bond acceptors (Lipinski definition) is 3. The van der Waals surface area contributed by atoms with Crippen LogP contribution in [-0.2, 0) is 6.42 Å². The third-order valence-electron chi connectivity index (χ3n) is 5.46. The third-order valence-corrected chi connectivity index (χ3v) is 5.46. The van der Waals surface area contributed by atoms with E-state index in [4.69, 9.17) is 0 Å². The van der Waals surface area contributed by atoms with E-state index < -0.39 is 6.23 Å². The molecule has 0 radical (unpaired) electrons. The standard InChI is InChI=1S/C24H38N2O/c1-22-15-14-20-26(24(22)27)19-12-10-8-6-4-2-3-5-7-9-11-16-23-17-13-18-25-21-23/h13-15,17-18,20-21,24,27H,2-12,16,19H2,1H3. The van der Waals surface area contributed by atoms with E-state index in [0.29, 0.717) is 0 Å². The van der Waals surface area contributed by atoms with Gasteiger partial charge in [-0.1, -0.05) is 69.9 Å². The van der Waals surface area contributed by atoms with Crippen molar-refractivity contribution in [2.75, 3.05) is 6.54 Å². The average molecular weight is 371 g/mol. The number of aromatic nitrogens is 1. The van der Waals surface area contributed by atoms with Gasteiger partial charge in [-0.05, 0) is 49.5 Å². The van der Waals surface area contributed by atoms with Crippen LogP contribution in [0.25, 0.3) is 0 Å². The molecule has 0 fully saturated rings. The Morgan fingerprint density at radius 2 is 1.56 bits per heavy atom. The van der Waals surface area contributed by atoms with Crippen molar-refractivity contribution in [1.82, 2.24) is 9.88 Å².